The number of benzene rings is 1. The van der Waals surface area contributed by atoms with Crippen LogP contribution in [0.4, 0.5) is 14.9 Å². The number of anilines is 1. The molecule has 0 spiro atoms. The van der Waals surface area contributed by atoms with Crippen LogP contribution in [0.25, 0.3) is 0 Å². The quantitative estimate of drug-likeness (QED) is 0.697. The van der Waals surface area contributed by atoms with E-state index in [9.17, 15) is 14.0 Å². The molecule has 132 valence electrons. The molecular weight excluding hydrogens is 309 g/mol. The molecule has 0 aliphatic heterocycles. The number of aryl methyl sites for hydroxylation is 1. The average molecular weight is 335 g/mol. The van der Waals surface area contributed by atoms with Gasteiger partial charge in [-0.15, -0.1) is 0 Å². The van der Waals surface area contributed by atoms with E-state index in [-0.39, 0.29) is 30.1 Å². The minimum atomic E-state index is -0.437. The summed E-state index contributed by atoms with van der Waals surface area (Å²) in [5.74, 6) is -0.694. The monoisotopic (exact) mass is 335 g/mol. The van der Waals surface area contributed by atoms with Crippen molar-refractivity contribution in [2.24, 2.45) is 0 Å². The first-order valence-electron chi connectivity index (χ1n) is 8.65. The van der Waals surface area contributed by atoms with Crippen LogP contribution in [-0.2, 0) is 4.79 Å². The number of amides is 3. The highest BCUT2D eigenvalue weighted by Crippen LogP contribution is 2.17. The first-order chi connectivity index (χ1) is 11.5. The number of carbonyl (C=O) groups is 2. The summed E-state index contributed by atoms with van der Waals surface area (Å²) >= 11 is 0. The van der Waals surface area contributed by atoms with Crippen molar-refractivity contribution in [3.63, 3.8) is 0 Å². The molecule has 0 bridgehead atoms. The Bertz CT molecular complexity index is 571. The molecule has 3 N–H and O–H groups in total. The standard InChI is InChI=1S/C18H26FN3O2/c1-13-9-10-16(15(19)12-13)22-17(23)8-5-11-20-18(24)21-14-6-3-2-4-7-14/h9-10,12,14H,2-8,11H2,1H3,(H,22,23)(H2,20,21,24). The predicted molar refractivity (Wildman–Crippen MR) is 92.4 cm³/mol. The summed E-state index contributed by atoms with van der Waals surface area (Å²) in [5.41, 5.74) is 0.993. The van der Waals surface area contributed by atoms with Crippen molar-refractivity contribution in [2.45, 2.75) is 57.9 Å². The SMILES string of the molecule is Cc1ccc(NC(=O)CCCNC(=O)NC2CCCCC2)c(F)c1. The summed E-state index contributed by atoms with van der Waals surface area (Å²) in [7, 11) is 0. The molecule has 3 amide bonds. The molecule has 5 nitrogen and oxygen atoms in total. The molecule has 6 heteroatoms. The van der Waals surface area contributed by atoms with E-state index in [0.29, 0.717) is 13.0 Å². The number of hydrogen-bond donors (Lipinski definition) is 3. The highest BCUT2D eigenvalue weighted by atomic mass is 19.1. The zero-order chi connectivity index (χ0) is 17.4. The molecule has 2 rings (SSSR count). The van der Waals surface area contributed by atoms with E-state index in [2.05, 4.69) is 16.0 Å². The van der Waals surface area contributed by atoms with Crippen LogP contribution in [0.15, 0.2) is 18.2 Å². The van der Waals surface area contributed by atoms with Crippen molar-refractivity contribution in [1.29, 1.82) is 0 Å². The van der Waals surface area contributed by atoms with Gasteiger partial charge in [-0.3, -0.25) is 4.79 Å². The Hall–Kier alpha value is -2.11. The van der Waals surface area contributed by atoms with Crippen molar-refractivity contribution >= 4 is 17.6 Å². The van der Waals surface area contributed by atoms with Gasteiger partial charge >= 0.3 is 6.03 Å². The summed E-state index contributed by atoms with van der Waals surface area (Å²) in [6.45, 7) is 2.21. The Labute approximate surface area is 142 Å². The lowest BCUT2D eigenvalue weighted by atomic mass is 9.96. The van der Waals surface area contributed by atoms with Gasteiger partial charge in [-0.1, -0.05) is 25.3 Å². The molecule has 1 aliphatic rings. The normalized spacial score (nSPS) is 14.9. The molecule has 1 aromatic rings. The maximum Gasteiger partial charge on any atom is 0.315 e. The van der Waals surface area contributed by atoms with Gasteiger partial charge in [-0.2, -0.15) is 0 Å². The summed E-state index contributed by atoms with van der Waals surface area (Å²) in [6, 6.07) is 4.78. The molecule has 0 radical (unpaired) electrons. The smallest absolute Gasteiger partial charge is 0.315 e. The lowest BCUT2D eigenvalue weighted by Gasteiger charge is -2.22. The van der Waals surface area contributed by atoms with Crippen LogP contribution >= 0.6 is 0 Å². The van der Waals surface area contributed by atoms with Crippen LogP contribution in [0.1, 0.15) is 50.5 Å². The Morgan fingerprint density at radius 2 is 1.96 bits per heavy atom. The summed E-state index contributed by atoms with van der Waals surface area (Å²) in [6.07, 6.45) is 6.40. The lowest BCUT2D eigenvalue weighted by molar-refractivity contribution is -0.116. The number of urea groups is 1. The molecule has 24 heavy (non-hydrogen) atoms. The third-order valence-corrected chi connectivity index (χ3v) is 4.21. The Morgan fingerprint density at radius 3 is 2.67 bits per heavy atom. The first-order valence-corrected chi connectivity index (χ1v) is 8.65. The van der Waals surface area contributed by atoms with Gasteiger partial charge in [0, 0.05) is 19.0 Å². The van der Waals surface area contributed by atoms with Gasteiger partial charge in [0.1, 0.15) is 5.82 Å². The molecule has 0 atom stereocenters. The second-order valence-corrected chi connectivity index (χ2v) is 6.37. The zero-order valence-electron chi connectivity index (χ0n) is 14.2. The van der Waals surface area contributed by atoms with Crippen LogP contribution in [0, 0.1) is 12.7 Å². The summed E-state index contributed by atoms with van der Waals surface area (Å²) in [5, 5.41) is 8.27. The Kier molecular flexibility index (Phi) is 7.03. The number of nitrogens with one attached hydrogen (secondary N) is 3. The van der Waals surface area contributed by atoms with Crippen LogP contribution in [0.3, 0.4) is 0 Å². The summed E-state index contributed by atoms with van der Waals surface area (Å²) in [4.78, 5) is 23.6. The second-order valence-electron chi connectivity index (χ2n) is 6.37. The highest BCUT2D eigenvalue weighted by Gasteiger charge is 2.15. The number of carbonyl (C=O) groups excluding carboxylic acids is 2. The van der Waals surface area contributed by atoms with Gasteiger partial charge in [-0.25, -0.2) is 9.18 Å². The largest absolute Gasteiger partial charge is 0.338 e. The molecule has 0 aromatic heterocycles. The van der Waals surface area contributed by atoms with Crippen molar-refractivity contribution in [2.75, 3.05) is 11.9 Å². The van der Waals surface area contributed by atoms with Crippen molar-refractivity contribution in [1.82, 2.24) is 10.6 Å². The molecule has 1 fully saturated rings. The lowest BCUT2D eigenvalue weighted by Crippen LogP contribution is -2.43. The number of halogens is 1. The average Bonchev–Trinajstić information content (AvgIpc) is 2.55. The molecule has 0 unspecified atom stereocenters. The second kappa shape index (κ2) is 9.25. The van der Waals surface area contributed by atoms with Crippen LogP contribution < -0.4 is 16.0 Å². The van der Waals surface area contributed by atoms with Gasteiger partial charge in [0.05, 0.1) is 5.69 Å². The predicted octanol–water partition coefficient (Wildman–Crippen LogP) is 3.48. The molecule has 1 saturated carbocycles. The van der Waals surface area contributed by atoms with E-state index in [4.69, 9.17) is 0 Å². The fourth-order valence-corrected chi connectivity index (χ4v) is 2.87. The topological polar surface area (TPSA) is 70.2 Å². The van der Waals surface area contributed by atoms with Crippen LogP contribution in [-0.4, -0.2) is 24.5 Å². The minimum absolute atomic E-state index is 0.174. The molecule has 0 heterocycles. The minimum Gasteiger partial charge on any atom is -0.338 e. The fourth-order valence-electron chi connectivity index (χ4n) is 2.87. The third kappa shape index (κ3) is 6.18. The van der Waals surface area contributed by atoms with E-state index in [0.717, 1.165) is 18.4 Å². The fraction of sp³-hybridized carbons (Fsp3) is 0.556. The first kappa shape index (κ1) is 18.2. The van der Waals surface area contributed by atoms with Crippen LogP contribution in [0.5, 0.6) is 0 Å². The van der Waals surface area contributed by atoms with E-state index < -0.39 is 5.82 Å². The molecule has 1 aliphatic carbocycles. The van der Waals surface area contributed by atoms with E-state index >= 15 is 0 Å². The van der Waals surface area contributed by atoms with Crippen molar-refractivity contribution in [3.8, 4) is 0 Å². The van der Waals surface area contributed by atoms with Gasteiger partial charge in [0.25, 0.3) is 0 Å². The Morgan fingerprint density at radius 1 is 1.21 bits per heavy atom. The van der Waals surface area contributed by atoms with Gasteiger partial charge < -0.3 is 16.0 Å². The molecular formula is C18H26FN3O2. The van der Waals surface area contributed by atoms with E-state index in [1.54, 1.807) is 19.1 Å². The van der Waals surface area contributed by atoms with Gasteiger partial charge in [0.15, 0.2) is 0 Å². The van der Waals surface area contributed by atoms with Gasteiger partial charge in [0.2, 0.25) is 5.91 Å². The number of hydrogen-bond acceptors (Lipinski definition) is 2. The molecule has 0 saturated heterocycles. The Balaban J connectivity index is 1.61. The van der Waals surface area contributed by atoms with Crippen molar-refractivity contribution in [3.05, 3.63) is 29.6 Å². The van der Waals surface area contributed by atoms with E-state index in [1.807, 2.05) is 0 Å². The van der Waals surface area contributed by atoms with E-state index in [1.165, 1.54) is 25.3 Å². The van der Waals surface area contributed by atoms with Gasteiger partial charge in [-0.05, 0) is 43.9 Å². The maximum absolute atomic E-state index is 13.6. The highest BCUT2D eigenvalue weighted by molar-refractivity contribution is 5.90. The number of rotatable bonds is 6. The maximum atomic E-state index is 13.6. The zero-order valence-corrected chi connectivity index (χ0v) is 14.2. The van der Waals surface area contributed by atoms with Crippen LogP contribution in [0.2, 0.25) is 0 Å². The third-order valence-electron chi connectivity index (χ3n) is 4.21. The summed E-state index contributed by atoms with van der Waals surface area (Å²) < 4.78 is 13.6. The molecule has 1 aromatic carbocycles. The van der Waals surface area contributed by atoms with Crippen molar-refractivity contribution < 1.29 is 14.0 Å².